The van der Waals surface area contributed by atoms with E-state index >= 15 is 0 Å². The number of para-hydroxylation sites is 1. The Labute approximate surface area is 115 Å². The maximum Gasteiger partial charge on any atom is 0.267 e. The number of carbonyl (C=O) groups is 1. The highest BCUT2D eigenvalue weighted by Crippen LogP contribution is 2.32. The number of anilines is 1. The van der Waals surface area contributed by atoms with Crippen LogP contribution in [0.3, 0.4) is 0 Å². The van der Waals surface area contributed by atoms with Crippen molar-refractivity contribution in [3.63, 3.8) is 0 Å². The minimum Gasteiger partial charge on any atom is -0.436 e. The summed E-state index contributed by atoms with van der Waals surface area (Å²) in [6, 6.07) is 10.5. The lowest BCUT2D eigenvalue weighted by Gasteiger charge is -2.10. The molecule has 0 saturated carbocycles. The number of rotatable bonds is 4. The fourth-order valence-corrected chi connectivity index (χ4v) is 2.00. The number of nitrogens with zero attached hydrogens (tertiary/aromatic N) is 1. The molecular weight excluding hydrogens is 262 g/mol. The van der Waals surface area contributed by atoms with Gasteiger partial charge in [-0.25, -0.2) is 4.98 Å². The molecule has 1 aromatic carbocycles. The Morgan fingerprint density at radius 3 is 2.68 bits per heavy atom. The van der Waals surface area contributed by atoms with E-state index in [0.717, 1.165) is 4.90 Å². The van der Waals surface area contributed by atoms with Crippen LogP contribution in [0.4, 0.5) is 5.69 Å². The van der Waals surface area contributed by atoms with Crippen molar-refractivity contribution in [2.24, 2.45) is 5.73 Å². The molecule has 0 spiro atoms. The maximum absolute atomic E-state index is 11.1. The molecule has 1 aromatic heterocycles. The third kappa shape index (κ3) is 2.97. The van der Waals surface area contributed by atoms with Gasteiger partial charge in [-0.3, -0.25) is 4.79 Å². The Morgan fingerprint density at radius 1 is 1.26 bits per heavy atom. The van der Waals surface area contributed by atoms with Gasteiger partial charge < -0.3 is 16.2 Å². The average molecular weight is 275 g/mol. The summed E-state index contributed by atoms with van der Waals surface area (Å²) >= 11 is 1.55. The first kappa shape index (κ1) is 13.2. The molecule has 2 rings (SSSR count). The second-order valence-electron chi connectivity index (χ2n) is 3.71. The molecule has 1 heterocycles. The molecule has 0 fully saturated rings. The van der Waals surface area contributed by atoms with Gasteiger partial charge in [-0.1, -0.05) is 12.1 Å². The van der Waals surface area contributed by atoms with Crippen molar-refractivity contribution in [2.45, 2.75) is 4.90 Å². The summed E-state index contributed by atoms with van der Waals surface area (Å²) in [5.74, 6) is 0.191. The molecule has 0 aliphatic rings. The summed E-state index contributed by atoms with van der Waals surface area (Å²) in [5, 5.41) is 0. The van der Waals surface area contributed by atoms with Crippen molar-refractivity contribution in [1.29, 1.82) is 0 Å². The zero-order chi connectivity index (χ0) is 13.8. The third-order valence-corrected chi connectivity index (χ3v) is 3.19. The summed E-state index contributed by atoms with van der Waals surface area (Å²) in [5.41, 5.74) is 11.4. The molecule has 0 aliphatic heterocycles. The Bertz CT molecular complexity index is 617. The van der Waals surface area contributed by atoms with Crippen LogP contribution in [0.5, 0.6) is 11.6 Å². The smallest absolute Gasteiger partial charge is 0.267 e. The van der Waals surface area contributed by atoms with E-state index in [1.54, 1.807) is 17.8 Å². The van der Waals surface area contributed by atoms with Gasteiger partial charge in [0.05, 0.1) is 5.69 Å². The lowest BCUT2D eigenvalue weighted by Crippen LogP contribution is -2.13. The van der Waals surface area contributed by atoms with Crippen molar-refractivity contribution in [3.05, 3.63) is 42.1 Å². The van der Waals surface area contributed by atoms with Crippen LogP contribution in [-0.4, -0.2) is 17.1 Å². The van der Waals surface area contributed by atoms with Crippen LogP contribution in [0, 0.1) is 0 Å². The minimum atomic E-state index is -0.622. The summed E-state index contributed by atoms with van der Waals surface area (Å²) < 4.78 is 5.66. The van der Waals surface area contributed by atoms with E-state index in [1.807, 2.05) is 30.5 Å². The zero-order valence-corrected chi connectivity index (χ0v) is 11.1. The van der Waals surface area contributed by atoms with Crippen LogP contribution in [-0.2, 0) is 0 Å². The zero-order valence-electron chi connectivity index (χ0n) is 10.3. The van der Waals surface area contributed by atoms with Gasteiger partial charge in [0.1, 0.15) is 11.4 Å². The predicted molar refractivity (Wildman–Crippen MR) is 75.5 cm³/mol. The molecule has 4 N–H and O–H groups in total. The van der Waals surface area contributed by atoms with E-state index in [9.17, 15) is 4.79 Å². The molecular formula is C13H13N3O2S. The standard InChI is InChI=1S/C13H13N3O2S/c1-19-11-5-3-2-4-10(11)18-13-8(14)6-7-9(16-13)12(15)17/h2-7H,14H2,1H3,(H2,15,17). The molecule has 6 heteroatoms. The first-order valence-corrected chi connectivity index (χ1v) is 6.71. The monoisotopic (exact) mass is 275 g/mol. The quantitative estimate of drug-likeness (QED) is 0.835. The maximum atomic E-state index is 11.1. The van der Waals surface area contributed by atoms with Crippen LogP contribution in [0.25, 0.3) is 0 Å². The van der Waals surface area contributed by atoms with E-state index in [2.05, 4.69) is 4.98 Å². The second-order valence-corrected chi connectivity index (χ2v) is 4.56. The van der Waals surface area contributed by atoms with Gasteiger partial charge in [-0.15, -0.1) is 11.8 Å². The summed E-state index contributed by atoms with van der Waals surface area (Å²) in [7, 11) is 0. The van der Waals surface area contributed by atoms with Crippen molar-refractivity contribution in [3.8, 4) is 11.6 Å². The molecule has 98 valence electrons. The van der Waals surface area contributed by atoms with Crippen LogP contribution >= 0.6 is 11.8 Å². The van der Waals surface area contributed by atoms with Crippen LogP contribution < -0.4 is 16.2 Å². The fourth-order valence-electron chi connectivity index (χ4n) is 1.48. The molecule has 0 aliphatic carbocycles. The van der Waals surface area contributed by atoms with Gasteiger partial charge in [-0.05, 0) is 30.5 Å². The topological polar surface area (TPSA) is 91.2 Å². The highest BCUT2D eigenvalue weighted by atomic mass is 32.2. The number of pyridine rings is 1. The lowest BCUT2D eigenvalue weighted by atomic mass is 10.3. The number of thioether (sulfide) groups is 1. The molecule has 0 radical (unpaired) electrons. The third-order valence-electron chi connectivity index (χ3n) is 2.42. The Kier molecular flexibility index (Phi) is 3.91. The van der Waals surface area contributed by atoms with Gasteiger partial charge in [0.2, 0.25) is 5.88 Å². The molecule has 5 nitrogen and oxygen atoms in total. The van der Waals surface area contributed by atoms with Crippen LogP contribution in [0.15, 0.2) is 41.3 Å². The number of hydrogen-bond donors (Lipinski definition) is 2. The molecule has 0 atom stereocenters. The van der Waals surface area contributed by atoms with E-state index in [1.165, 1.54) is 6.07 Å². The van der Waals surface area contributed by atoms with Crippen molar-refractivity contribution in [1.82, 2.24) is 4.98 Å². The summed E-state index contributed by atoms with van der Waals surface area (Å²) in [4.78, 5) is 16.1. The second kappa shape index (κ2) is 5.62. The van der Waals surface area contributed by atoms with Gasteiger partial charge in [0, 0.05) is 4.90 Å². The summed E-state index contributed by atoms with van der Waals surface area (Å²) in [6.07, 6.45) is 1.94. The van der Waals surface area contributed by atoms with E-state index < -0.39 is 5.91 Å². The molecule has 0 bridgehead atoms. The first-order chi connectivity index (χ1) is 9.11. The average Bonchev–Trinajstić information content (AvgIpc) is 2.41. The van der Waals surface area contributed by atoms with E-state index in [4.69, 9.17) is 16.2 Å². The van der Waals surface area contributed by atoms with Crippen LogP contribution in [0.2, 0.25) is 0 Å². The number of carbonyl (C=O) groups excluding carboxylic acids is 1. The molecule has 1 amide bonds. The van der Waals surface area contributed by atoms with Gasteiger partial charge in [0.15, 0.2) is 0 Å². The molecule has 0 saturated heterocycles. The Morgan fingerprint density at radius 2 is 2.00 bits per heavy atom. The van der Waals surface area contributed by atoms with E-state index in [-0.39, 0.29) is 11.6 Å². The number of benzene rings is 1. The molecule has 2 aromatic rings. The van der Waals surface area contributed by atoms with Gasteiger partial charge in [-0.2, -0.15) is 0 Å². The largest absolute Gasteiger partial charge is 0.436 e. The predicted octanol–water partition coefficient (Wildman–Crippen LogP) is 2.28. The first-order valence-electron chi connectivity index (χ1n) is 5.49. The molecule has 19 heavy (non-hydrogen) atoms. The highest BCUT2D eigenvalue weighted by molar-refractivity contribution is 7.98. The van der Waals surface area contributed by atoms with Crippen molar-refractivity contribution < 1.29 is 9.53 Å². The normalized spacial score (nSPS) is 10.2. The Hall–Kier alpha value is -2.21. The molecule has 0 unspecified atom stereocenters. The SMILES string of the molecule is CSc1ccccc1Oc1nc(C(N)=O)ccc1N. The number of hydrogen-bond acceptors (Lipinski definition) is 5. The lowest BCUT2D eigenvalue weighted by molar-refractivity contribution is 0.0995. The van der Waals surface area contributed by atoms with Crippen molar-refractivity contribution in [2.75, 3.05) is 12.0 Å². The van der Waals surface area contributed by atoms with E-state index in [0.29, 0.717) is 11.4 Å². The summed E-state index contributed by atoms with van der Waals surface area (Å²) in [6.45, 7) is 0. The van der Waals surface area contributed by atoms with Crippen LogP contribution in [0.1, 0.15) is 10.5 Å². The van der Waals surface area contributed by atoms with Gasteiger partial charge in [0.25, 0.3) is 5.91 Å². The highest BCUT2D eigenvalue weighted by Gasteiger charge is 2.11. The van der Waals surface area contributed by atoms with Crippen molar-refractivity contribution >= 4 is 23.4 Å². The minimum absolute atomic E-state index is 0.117. The Balaban J connectivity index is 2.37. The number of primary amides is 1. The van der Waals surface area contributed by atoms with Gasteiger partial charge >= 0.3 is 0 Å². The number of aromatic nitrogens is 1. The fraction of sp³-hybridized carbons (Fsp3) is 0.0769. The number of nitrogen functional groups attached to an aromatic ring is 1. The number of ether oxygens (including phenoxy) is 1. The number of nitrogens with two attached hydrogens (primary N) is 2. The number of amides is 1.